The van der Waals surface area contributed by atoms with Crippen molar-refractivity contribution in [3.63, 3.8) is 0 Å². The van der Waals surface area contributed by atoms with Crippen LogP contribution in [0.1, 0.15) is 53.4 Å². The van der Waals surface area contributed by atoms with E-state index in [9.17, 15) is 4.79 Å². The number of rotatable bonds is 0. The second kappa shape index (κ2) is 3.80. The van der Waals surface area contributed by atoms with Crippen molar-refractivity contribution in [1.82, 2.24) is 5.32 Å². The molecule has 0 radical (unpaired) electrons. The Kier molecular flexibility index (Phi) is 2.66. The van der Waals surface area contributed by atoms with Gasteiger partial charge < -0.3 is 10.1 Å². The van der Waals surface area contributed by atoms with E-state index in [0.717, 1.165) is 19.3 Å². The molecule has 0 aromatic heterocycles. The van der Waals surface area contributed by atoms with Crippen molar-refractivity contribution in [3.8, 4) is 0 Å². The van der Waals surface area contributed by atoms with Crippen molar-refractivity contribution in [2.45, 2.75) is 77.2 Å². The number of piperidine rings is 1. The van der Waals surface area contributed by atoms with Crippen LogP contribution in [0.3, 0.4) is 0 Å². The van der Waals surface area contributed by atoms with Crippen LogP contribution in [-0.2, 0) is 9.53 Å². The molecule has 0 aliphatic carbocycles. The van der Waals surface area contributed by atoms with Crippen LogP contribution in [0.4, 0.5) is 0 Å². The molecule has 0 spiro atoms. The average Bonchev–Trinajstić information content (AvgIpc) is 2.89. The summed E-state index contributed by atoms with van der Waals surface area (Å²) in [6.45, 7) is 8.86. The van der Waals surface area contributed by atoms with Gasteiger partial charge in [-0.05, 0) is 31.6 Å². The average molecular weight is 251 g/mol. The summed E-state index contributed by atoms with van der Waals surface area (Å²) in [5.41, 5.74) is 0.222. The lowest BCUT2D eigenvalue weighted by Crippen LogP contribution is -2.56. The topological polar surface area (TPSA) is 41.6 Å². The van der Waals surface area contributed by atoms with E-state index in [0.29, 0.717) is 30.4 Å². The molecule has 3 rings (SSSR count). The number of nitrogens with one attached hydrogen (secondary N) is 1. The standard InChI is InChI=1S/C15H25NO2/c1-9-10-5-6-15(4)13(18-15)8-14(2,3)12(16-10)7-11(9)17/h9-10,12-13,16H,5-8H2,1-4H3. The van der Waals surface area contributed by atoms with Gasteiger partial charge in [0.25, 0.3) is 0 Å². The first-order chi connectivity index (χ1) is 8.32. The van der Waals surface area contributed by atoms with Gasteiger partial charge in [-0.3, -0.25) is 4.79 Å². The quantitative estimate of drug-likeness (QED) is 0.672. The number of hydrogen-bond donors (Lipinski definition) is 1. The molecule has 1 N–H and O–H groups in total. The number of epoxide rings is 1. The maximum absolute atomic E-state index is 12.2. The molecule has 5 unspecified atom stereocenters. The molecule has 3 nitrogen and oxygen atoms in total. The lowest BCUT2D eigenvalue weighted by atomic mass is 9.73. The smallest absolute Gasteiger partial charge is 0.138 e. The molecule has 3 aliphatic rings. The van der Waals surface area contributed by atoms with Crippen molar-refractivity contribution in [1.29, 1.82) is 0 Å². The SMILES string of the molecule is CC1C(=O)CC2NC1CCC1(C)OC1CC2(C)C. The molecule has 0 saturated carbocycles. The molecule has 3 heteroatoms. The molecule has 5 atom stereocenters. The van der Waals surface area contributed by atoms with E-state index in [1.807, 2.05) is 0 Å². The third-order valence-electron chi connectivity index (χ3n) is 5.57. The van der Waals surface area contributed by atoms with Gasteiger partial charge in [-0.1, -0.05) is 20.8 Å². The lowest BCUT2D eigenvalue weighted by molar-refractivity contribution is -0.127. The van der Waals surface area contributed by atoms with Crippen molar-refractivity contribution >= 4 is 5.78 Å². The minimum absolute atomic E-state index is 0.0825. The fourth-order valence-corrected chi connectivity index (χ4v) is 3.74. The van der Waals surface area contributed by atoms with Gasteiger partial charge in [-0.25, -0.2) is 0 Å². The first-order valence-electron chi connectivity index (χ1n) is 7.28. The van der Waals surface area contributed by atoms with Gasteiger partial charge in [0.15, 0.2) is 0 Å². The second-order valence-corrected chi connectivity index (χ2v) is 7.44. The summed E-state index contributed by atoms with van der Waals surface area (Å²) in [5, 5.41) is 3.75. The largest absolute Gasteiger partial charge is 0.366 e. The van der Waals surface area contributed by atoms with Crippen LogP contribution in [0, 0.1) is 11.3 Å². The molecule has 3 saturated heterocycles. The van der Waals surface area contributed by atoms with E-state index in [4.69, 9.17) is 4.74 Å². The Bertz CT molecular complexity index is 379. The zero-order valence-corrected chi connectivity index (χ0v) is 12.0. The van der Waals surface area contributed by atoms with Gasteiger partial charge in [0.2, 0.25) is 0 Å². The lowest BCUT2D eigenvalue weighted by Gasteiger charge is -2.42. The number of fused-ring (bicyclic) bond motifs is 3. The summed E-state index contributed by atoms with van der Waals surface area (Å²) in [6, 6.07) is 0.660. The Morgan fingerprint density at radius 3 is 2.78 bits per heavy atom. The molecule has 3 heterocycles. The van der Waals surface area contributed by atoms with Crippen LogP contribution in [0.15, 0.2) is 0 Å². The summed E-state index contributed by atoms with van der Waals surface area (Å²) in [7, 11) is 0. The van der Waals surface area contributed by atoms with E-state index < -0.39 is 0 Å². The van der Waals surface area contributed by atoms with Crippen LogP contribution in [0.25, 0.3) is 0 Å². The highest BCUT2D eigenvalue weighted by Gasteiger charge is 2.56. The molecule has 0 amide bonds. The van der Waals surface area contributed by atoms with Crippen molar-refractivity contribution in [2.75, 3.05) is 0 Å². The molecular weight excluding hydrogens is 226 g/mol. The summed E-state index contributed by atoms with van der Waals surface area (Å²) >= 11 is 0. The van der Waals surface area contributed by atoms with Gasteiger partial charge in [-0.15, -0.1) is 0 Å². The first-order valence-corrected chi connectivity index (χ1v) is 7.28. The van der Waals surface area contributed by atoms with E-state index in [-0.39, 0.29) is 16.9 Å². The van der Waals surface area contributed by atoms with Crippen molar-refractivity contribution < 1.29 is 9.53 Å². The van der Waals surface area contributed by atoms with Crippen LogP contribution in [0.2, 0.25) is 0 Å². The molecule has 102 valence electrons. The number of carbonyl (C=O) groups is 1. The normalized spacial score (nSPS) is 50.8. The van der Waals surface area contributed by atoms with Crippen LogP contribution < -0.4 is 5.32 Å². The minimum Gasteiger partial charge on any atom is -0.366 e. The fraction of sp³-hybridized carbons (Fsp3) is 0.933. The Labute approximate surface area is 110 Å². The van der Waals surface area contributed by atoms with Gasteiger partial charge in [-0.2, -0.15) is 0 Å². The Morgan fingerprint density at radius 1 is 1.33 bits per heavy atom. The monoisotopic (exact) mass is 251 g/mol. The van der Waals surface area contributed by atoms with Crippen LogP contribution in [-0.4, -0.2) is 29.6 Å². The van der Waals surface area contributed by atoms with E-state index in [1.54, 1.807) is 0 Å². The maximum atomic E-state index is 12.2. The molecule has 0 aromatic rings. The number of ether oxygens (including phenoxy) is 1. The maximum Gasteiger partial charge on any atom is 0.138 e. The number of Topliss-reactive ketones (excluding diaryl/α,β-unsaturated/α-hetero) is 1. The minimum atomic E-state index is 0.0825. The highest BCUT2D eigenvalue weighted by molar-refractivity contribution is 5.83. The van der Waals surface area contributed by atoms with Gasteiger partial charge in [0, 0.05) is 24.4 Å². The summed E-state index contributed by atoms with van der Waals surface area (Å²) in [6.07, 6.45) is 4.30. The van der Waals surface area contributed by atoms with Gasteiger partial charge >= 0.3 is 0 Å². The molecule has 3 fully saturated rings. The third kappa shape index (κ3) is 1.92. The predicted octanol–water partition coefficient (Wildman–Crippen LogP) is 2.29. The van der Waals surface area contributed by atoms with Gasteiger partial charge in [0.05, 0.1) is 11.7 Å². The highest BCUT2D eigenvalue weighted by Crippen LogP contribution is 2.49. The number of ketones is 1. The van der Waals surface area contributed by atoms with Crippen LogP contribution >= 0.6 is 0 Å². The van der Waals surface area contributed by atoms with E-state index >= 15 is 0 Å². The molecule has 3 aliphatic heterocycles. The van der Waals surface area contributed by atoms with Crippen molar-refractivity contribution in [3.05, 3.63) is 0 Å². The zero-order valence-electron chi connectivity index (χ0n) is 12.0. The molecular formula is C15H25NO2. The van der Waals surface area contributed by atoms with Crippen molar-refractivity contribution in [2.24, 2.45) is 11.3 Å². The Morgan fingerprint density at radius 2 is 2.06 bits per heavy atom. The molecule has 0 aromatic carbocycles. The molecule has 2 bridgehead atoms. The first kappa shape index (κ1) is 12.6. The summed E-state index contributed by atoms with van der Waals surface area (Å²) < 4.78 is 5.93. The number of hydrogen-bond acceptors (Lipinski definition) is 3. The fourth-order valence-electron chi connectivity index (χ4n) is 3.74. The number of carbonyl (C=O) groups excluding carboxylic acids is 1. The van der Waals surface area contributed by atoms with E-state index in [1.165, 1.54) is 0 Å². The van der Waals surface area contributed by atoms with Crippen LogP contribution in [0.5, 0.6) is 0 Å². The third-order valence-corrected chi connectivity index (χ3v) is 5.57. The summed E-state index contributed by atoms with van der Waals surface area (Å²) in [4.78, 5) is 12.2. The Balaban J connectivity index is 1.88. The van der Waals surface area contributed by atoms with Gasteiger partial charge in [0.1, 0.15) is 5.78 Å². The highest BCUT2D eigenvalue weighted by atomic mass is 16.6. The zero-order chi connectivity index (χ0) is 13.1. The summed E-state index contributed by atoms with van der Waals surface area (Å²) in [5.74, 6) is 0.606. The van der Waals surface area contributed by atoms with E-state index in [2.05, 4.69) is 33.0 Å². The second-order valence-electron chi connectivity index (χ2n) is 7.44. The molecule has 18 heavy (non-hydrogen) atoms. The Hall–Kier alpha value is -0.410. The predicted molar refractivity (Wildman–Crippen MR) is 70.4 cm³/mol.